The second kappa shape index (κ2) is 6.95. The summed E-state index contributed by atoms with van der Waals surface area (Å²) in [6, 6.07) is 8.83. The number of aryl methyl sites for hydroxylation is 1. The molecule has 0 aliphatic carbocycles. The van der Waals surface area contributed by atoms with Crippen molar-refractivity contribution in [3.8, 4) is 6.07 Å². The van der Waals surface area contributed by atoms with Gasteiger partial charge in [-0.25, -0.2) is 8.78 Å². The number of carbonyl (C=O) groups excluding carboxylic acids is 2. The summed E-state index contributed by atoms with van der Waals surface area (Å²) in [7, 11) is 1.50. The molecule has 1 spiro atoms. The molecule has 7 nitrogen and oxygen atoms in total. The molecule has 4 rings (SSSR count). The van der Waals surface area contributed by atoms with Crippen LogP contribution in [0, 0.1) is 16.7 Å². The predicted octanol–water partition coefficient (Wildman–Crippen LogP) is 2.50. The summed E-state index contributed by atoms with van der Waals surface area (Å²) in [6.45, 7) is 1.20. The normalized spacial score (nSPS) is 21.4. The van der Waals surface area contributed by atoms with E-state index >= 15 is 0 Å². The first-order chi connectivity index (χ1) is 13.8. The van der Waals surface area contributed by atoms with E-state index in [0.29, 0.717) is 43.7 Å². The SMILES string of the molecule is Cn1cc(C(=O)N2CC[C@]3(CC(=O)N(c4ccc(C#N)cc4)C3)C2)c(C(F)F)n1. The molecule has 0 bridgehead atoms. The molecular formula is C20H19F2N5O2. The standard InChI is InChI=1S/C20H19F2N5O2/c1-25-10-15(17(24-25)18(21)22)19(29)26-7-6-20(11-26)8-16(28)27(12-20)14-4-2-13(9-23)3-5-14/h2-5,10,18H,6-8,11-12H2,1H3/t20-/m0/s1. The molecule has 2 aromatic rings. The van der Waals surface area contributed by atoms with E-state index in [1.807, 2.05) is 6.07 Å². The van der Waals surface area contributed by atoms with Gasteiger partial charge in [0.25, 0.3) is 12.3 Å². The average Bonchev–Trinajstić information content (AvgIpc) is 3.38. The van der Waals surface area contributed by atoms with E-state index in [4.69, 9.17) is 5.26 Å². The highest BCUT2D eigenvalue weighted by molar-refractivity contribution is 5.98. The van der Waals surface area contributed by atoms with Crippen molar-refractivity contribution in [2.24, 2.45) is 12.5 Å². The van der Waals surface area contributed by atoms with E-state index in [1.165, 1.54) is 17.9 Å². The largest absolute Gasteiger partial charge is 0.338 e. The lowest BCUT2D eigenvalue weighted by atomic mass is 9.86. The van der Waals surface area contributed by atoms with Crippen LogP contribution in [0.15, 0.2) is 30.5 Å². The van der Waals surface area contributed by atoms with Gasteiger partial charge in [-0.2, -0.15) is 10.4 Å². The number of alkyl halides is 2. The third-order valence-electron chi connectivity index (χ3n) is 5.65. The molecule has 0 N–H and O–H groups in total. The van der Waals surface area contributed by atoms with Gasteiger partial charge in [0.15, 0.2) is 0 Å². The van der Waals surface area contributed by atoms with Crippen molar-refractivity contribution in [3.63, 3.8) is 0 Å². The fourth-order valence-corrected chi connectivity index (χ4v) is 4.23. The van der Waals surface area contributed by atoms with Crippen LogP contribution in [0.3, 0.4) is 0 Å². The number of rotatable bonds is 3. The highest BCUT2D eigenvalue weighted by atomic mass is 19.3. The van der Waals surface area contributed by atoms with Crippen molar-refractivity contribution in [2.45, 2.75) is 19.3 Å². The van der Waals surface area contributed by atoms with E-state index in [0.717, 1.165) is 0 Å². The smallest absolute Gasteiger partial charge is 0.282 e. The number of anilines is 1. The van der Waals surface area contributed by atoms with Crippen molar-refractivity contribution in [3.05, 3.63) is 47.3 Å². The van der Waals surface area contributed by atoms with Gasteiger partial charge in [0.1, 0.15) is 5.69 Å². The number of nitrogens with zero attached hydrogens (tertiary/aromatic N) is 5. The number of nitriles is 1. The van der Waals surface area contributed by atoms with Crippen molar-refractivity contribution in [1.29, 1.82) is 5.26 Å². The van der Waals surface area contributed by atoms with Crippen LogP contribution in [0.2, 0.25) is 0 Å². The summed E-state index contributed by atoms with van der Waals surface area (Å²) in [5.41, 5.74) is 0.225. The third kappa shape index (κ3) is 3.35. The van der Waals surface area contributed by atoms with Crippen LogP contribution in [0.25, 0.3) is 0 Å². The van der Waals surface area contributed by atoms with Crippen molar-refractivity contribution >= 4 is 17.5 Å². The number of likely N-dealkylation sites (tertiary alicyclic amines) is 1. The Labute approximate surface area is 166 Å². The van der Waals surface area contributed by atoms with Crippen LogP contribution in [0.1, 0.15) is 40.9 Å². The lowest BCUT2D eigenvalue weighted by Gasteiger charge is -2.24. The summed E-state index contributed by atoms with van der Waals surface area (Å²) in [4.78, 5) is 28.7. The average molecular weight is 399 g/mol. The van der Waals surface area contributed by atoms with Crippen molar-refractivity contribution in [1.82, 2.24) is 14.7 Å². The minimum atomic E-state index is -2.83. The molecule has 29 heavy (non-hydrogen) atoms. The fourth-order valence-electron chi connectivity index (χ4n) is 4.23. The first-order valence-electron chi connectivity index (χ1n) is 9.23. The second-order valence-electron chi connectivity index (χ2n) is 7.69. The Morgan fingerprint density at radius 1 is 1.28 bits per heavy atom. The van der Waals surface area contributed by atoms with Crippen LogP contribution in [0.4, 0.5) is 14.5 Å². The van der Waals surface area contributed by atoms with Gasteiger partial charge in [0, 0.05) is 50.4 Å². The molecule has 3 heterocycles. The Bertz CT molecular complexity index is 1010. The second-order valence-corrected chi connectivity index (χ2v) is 7.69. The molecule has 1 atom stereocenters. The molecule has 0 saturated carbocycles. The molecule has 2 aliphatic rings. The molecule has 0 radical (unpaired) electrons. The first-order valence-corrected chi connectivity index (χ1v) is 9.23. The van der Waals surface area contributed by atoms with Gasteiger partial charge in [0.05, 0.1) is 17.2 Å². The molecule has 150 valence electrons. The Morgan fingerprint density at radius 2 is 2.00 bits per heavy atom. The maximum atomic E-state index is 13.2. The molecule has 2 fully saturated rings. The van der Waals surface area contributed by atoms with Crippen LogP contribution >= 0.6 is 0 Å². The summed E-state index contributed by atoms with van der Waals surface area (Å²) in [6.07, 6.45) is -0.586. The maximum Gasteiger partial charge on any atom is 0.282 e. The van der Waals surface area contributed by atoms with Crippen LogP contribution in [-0.2, 0) is 11.8 Å². The molecule has 2 saturated heterocycles. The molecular weight excluding hydrogens is 380 g/mol. The lowest BCUT2D eigenvalue weighted by molar-refractivity contribution is -0.117. The predicted molar refractivity (Wildman–Crippen MR) is 99.2 cm³/mol. The third-order valence-corrected chi connectivity index (χ3v) is 5.65. The van der Waals surface area contributed by atoms with Crippen LogP contribution in [-0.4, -0.2) is 46.1 Å². The summed E-state index contributed by atoms with van der Waals surface area (Å²) in [5, 5.41) is 12.6. The topological polar surface area (TPSA) is 82.2 Å². The van der Waals surface area contributed by atoms with E-state index in [9.17, 15) is 18.4 Å². The number of aromatic nitrogens is 2. The van der Waals surface area contributed by atoms with Crippen molar-refractivity contribution < 1.29 is 18.4 Å². The molecule has 9 heteroatoms. The number of amides is 2. The molecule has 0 unspecified atom stereocenters. The van der Waals surface area contributed by atoms with Gasteiger partial charge < -0.3 is 9.80 Å². The zero-order chi connectivity index (χ0) is 20.8. The van der Waals surface area contributed by atoms with Crippen LogP contribution < -0.4 is 4.90 Å². The Kier molecular flexibility index (Phi) is 4.57. The Morgan fingerprint density at radius 3 is 2.66 bits per heavy atom. The number of halogens is 2. The monoisotopic (exact) mass is 399 g/mol. The van der Waals surface area contributed by atoms with Crippen molar-refractivity contribution in [2.75, 3.05) is 24.5 Å². The van der Waals surface area contributed by atoms with E-state index in [2.05, 4.69) is 5.10 Å². The van der Waals surface area contributed by atoms with E-state index in [-0.39, 0.29) is 11.5 Å². The van der Waals surface area contributed by atoms with Gasteiger partial charge in [-0.3, -0.25) is 14.3 Å². The maximum absolute atomic E-state index is 13.2. The molecule has 2 aliphatic heterocycles. The lowest BCUT2D eigenvalue weighted by Crippen LogP contribution is -2.34. The van der Waals surface area contributed by atoms with E-state index in [1.54, 1.807) is 34.1 Å². The summed E-state index contributed by atoms with van der Waals surface area (Å²) < 4.78 is 27.6. The van der Waals surface area contributed by atoms with Gasteiger partial charge >= 0.3 is 0 Å². The number of benzene rings is 1. The van der Waals surface area contributed by atoms with Gasteiger partial charge in [-0.1, -0.05) is 0 Å². The van der Waals surface area contributed by atoms with E-state index < -0.39 is 23.4 Å². The van der Waals surface area contributed by atoms with Gasteiger partial charge in [-0.05, 0) is 30.7 Å². The zero-order valence-electron chi connectivity index (χ0n) is 15.8. The van der Waals surface area contributed by atoms with Gasteiger partial charge in [-0.15, -0.1) is 0 Å². The highest BCUT2D eigenvalue weighted by Crippen LogP contribution is 2.42. The summed E-state index contributed by atoms with van der Waals surface area (Å²) >= 11 is 0. The minimum Gasteiger partial charge on any atom is -0.338 e. The minimum absolute atomic E-state index is 0.0429. The van der Waals surface area contributed by atoms with Gasteiger partial charge in [0.2, 0.25) is 5.91 Å². The number of hydrogen-bond acceptors (Lipinski definition) is 4. The first kappa shape index (κ1) is 19.1. The van der Waals surface area contributed by atoms with Crippen LogP contribution in [0.5, 0.6) is 0 Å². The molecule has 1 aromatic heterocycles. The Hall–Kier alpha value is -3.28. The zero-order valence-corrected chi connectivity index (χ0v) is 15.8. The number of carbonyl (C=O) groups is 2. The highest BCUT2D eigenvalue weighted by Gasteiger charge is 2.49. The summed E-state index contributed by atoms with van der Waals surface area (Å²) in [5.74, 6) is -0.520. The molecule has 1 aromatic carbocycles. The Balaban J connectivity index is 1.51. The fraction of sp³-hybridized carbons (Fsp3) is 0.400. The number of hydrogen-bond donors (Lipinski definition) is 0. The quantitative estimate of drug-likeness (QED) is 0.794. The molecule has 2 amide bonds.